The summed E-state index contributed by atoms with van der Waals surface area (Å²) in [5, 5.41) is 20.3. The van der Waals surface area contributed by atoms with Crippen molar-refractivity contribution in [2.24, 2.45) is 5.16 Å². The Balaban J connectivity index is 1.37. The first-order chi connectivity index (χ1) is 19.5. The summed E-state index contributed by atoms with van der Waals surface area (Å²) < 4.78 is 15.6. The normalized spacial score (nSPS) is 22.1. The second-order valence-electron chi connectivity index (χ2n) is 9.81. The van der Waals surface area contributed by atoms with E-state index in [4.69, 9.17) is 19.0 Å². The molecule has 14 nitrogen and oxygen atoms in total. The van der Waals surface area contributed by atoms with Crippen LogP contribution in [0.4, 0.5) is 14.7 Å². The summed E-state index contributed by atoms with van der Waals surface area (Å²) in [5.41, 5.74) is -0.106. The van der Waals surface area contributed by atoms with Crippen molar-refractivity contribution in [3.05, 3.63) is 47.0 Å². The number of aromatic nitrogens is 1. The Labute approximate surface area is 243 Å². The number of benzene rings is 1. The molecule has 2 aromatic rings. The van der Waals surface area contributed by atoms with E-state index in [1.54, 1.807) is 45.0 Å². The van der Waals surface area contributed by atoms with E-state index in [1.165, 1.54) is 29.2 Å². The Morgan fingerprint density at radius 2 is 1.95 bits per heavy atom. The highest BCUT2D eigenvalue weighted by Crippen LogP contribution is 2.38. The van der Waals surface area contributed by atoms with Crippen LogP contribution < -0.4 is 10.6 Å². The molecule has 0 spiro atoms. The van der Waals surface area contributed by atoms with Crippen LogP contribution in [-0.4, -0.2) is 87.0 Å². The summed E-state index contributed by atoms with van der Waals surface area (Å²) in [6, 6.07) is 7.96. The minimum Gasteiger partial charge on any atom is -0.444 e. The van der Waals surface area contributed by atoms with E-state index in [1.807, 2.05) is 6.07 Å². The van der Waals surface area contributed by atoms with Crippen LogP contribution in [0, 0.1) is 0 Å². The topological polar surface area (TPSA) is 178 Å². The van der Waals surface area contributed by atoms with Crippen LogP contribution in [0.15, 0.2) is 40.9 Å². The highest BCUT2D eigenvalue weighted by Gasteiger charge is 2.57. The molecule has 0 aliphatic carbocycles. The third kappa shape index (κ3) is 7.45. The number of aliphatic hydroxyl groups is 1. The van der Waals surface area contributed by atoms with Gasteiger partial charge in [-0.3, -0.25) is 19.8 Å². The molecule has 1 aromatic heterocycles. The molecule has 3 amide bonds. The maximum absolute atomic E-state index is 13.1. The molecule has 1 aromatic carbocycles. The smallest absolute Gasteiger partial charge is 0.444 e. The molecule has 2 aliphatic heterocycles. The van der Waals surface area contributed by atoms with Crippen molar-refractivity contribution < 1.29 is 43.3 Å². The number of oxime groups is 1. The number of carbonyl (C=O) groups is 4. The van der Waals surface area contributed by atoms with Crippen LogP contribution in [0.25, 0.3) is 0 Å². The van der Waals surface area contributed by atoms with Crippen molar-refractivity contribution >= 4 is 58.0 Å². The van der Waals surface area contributed by atoms with Gasteiger partial charge in [0.1, 0.15) is 42.5 Å². The van der Waals surface area contributed by atoms with Gasteiger partial charge in [-0.1, -0.05) is 35.5 Å². The standard InChI is InChI=1S/C25H29N5O9S2/c1-25(2,3)39-23(34)28-22-26-14(11-41-22)16(29-36-4)18(32)27-17-19(33)30-20(15(31)12-40-21(17)30)38-24(35)37-10-13-8-6-5-7-9-13/h5-9,11,15,17,20-21,31H,10,12H2,1-4H3,(H,27,32)(H,26,28,34)/t15?,17-,20?,21+/m1/s1. The molecule has 16 heteroatoms. The van der Waals surface area contributed by atoms with Crippen molar-refractivity contribution in [1.82, 2.24) is 15.2 Å². The molecule has 2 aliphatic rings. The highest BCUT2D eigenvalue weighted by molar-refractivity contribution is 8.00. The average molecular weight is 608 g/mol. The van der Waals surface area contributed by atoms with Crippen LogP contribution >= 0.6 is 23.1 Å². The van der Waals surface area contributed by atoms with Crippen molar-refractivity contribution in [2.45, 2.75) is 56.7 Å². The number of ether oxygens (including phenoxy) is 3. The maximum atomic E-state index is 13.1. The Morgan fingerprint density at radius 3 is 2.63 bits per heavy atom. The average Bonchev–Trinajstić information content (AvgIpc) is 3.37. The van der Waals surface area contributed by atoms with Gasteiger partial charge in [-0.05, 0) is 26.3 Å². The molecule has 2 saturated heterocycles. The first-order valence-electron chi connectivity index (χ1n) is 12.3. The molecule has 3 N–H and O–H groups in total. The minimum atomic E-state index is -1.28. The van der Waals surface area contributed by atoms with E-state index < -0.39 is 53.4 Å². The lowest BCUT2D eigenvalue weighted by Crippen LogP contribution is -2.76. The van der Waals surface area contributed by atoms with Gasteiger partial charge in [-0.25, -0.2) is 14.6 Å². The zero-order chi connectivity index (χ0) is 29.7. The van der Waals surface area contributed by atoms with Crippen LogP contribution in [-0.2, 0) is 35.2 Å². The van der Waals surface area contributed by atoms with Gasteiger partial charge in [0, 0.05) is 11.1 Å². The number of nitrogens with zero attached hydrogens (tertiary/aromatic N) is 3. The Bertz CT molecular complexity index is 1310. The molecular formula is C25H29N5O9S2. The maximum Gasteiger partial charge on any atom is 0.510 e. The van der Waals surface area contributed by atoms with E-state index in [9.17, 15) is 24.3 Å². The molecule has 0 bridgehead atoms. The number of hydrogen-bond donors (Lipinski definition) is 3. The molecule has 2 unspecified atom stereocenters. The molecule has 4 atom stereocenters. The number of thioether (sulfide) groups is 1. The molecule has 0 radical (unpaired) electrons. The summed E-state index contributed by atoms with van der Waals surface area (Å²) in [4.78, 5) is 60.7. The number of fused-ring (bicyclic) bond motifs is 1. The van der Waals surface area contributed by atoms with Gasteiger partial charge >= 0.3 is 12.2 Å². The lowest BCUT2D eigenvalue weighted by atomic mass is 10.0. The Morgan fingerprint density at radius 1 is 1.22 bits per heavy atom. The predicted octanol–water partition coefficient (Wildman–Crippen LogP) is 2.28. The lowest BCUT2D eigenvalue weighted by Gasteiger charge is -2.53. The number of thiazole rings is 1. The second-order valence-corrected chi connectivity index (χ2v) is 11.8. The first-order valence-corrected chi connectivity index (χ1v) is 14.3. The third-order valence-corrected chi connectivity index (χ3v) is 7.71. The minimum absolute atomic E-state index is 0.0411. The molecular weight excluding hydrogens is 578 g/mol. The zero-order valence-electron chi connectivity index (χ0n) is 22.6. The van der Waals surface area contributed by atoms with Gasteiger partial charge in [-0.15, -0.1) is 23.1 Å². The Kier molecular flexibility index (Phi) is 9.35. The summed E-state index contributed by atoms with van der Waals surface area (Å²) in [6.07, 6.45) is -4.20. The number of aliphatic hydroxyl groups excluding tert-OH is 1. The van der Waals surface area contributed by atoms with Crippen molar-refractivity contribution in [2.75, 3.05) is 18.2 Å². The summed E-state index contributed by atoms with van der Waals surface area (Å²) >= 11 is 2.25. The molecule has 0 saturated carbocycles. The highest BCUT2D eigenvalue weighted by atomic mass is 32.2. The fourth-order valence-corrected chi connectivity index (χ4v) is 5.85. The van der Waals surface area contributed by atoms with E-state index in [0.29, 0.717) is 0 Å². The number of rotatable bonds is 8. The first kappa shape index (κ1) is 30.1. The van der Waals surface area contributed by atoms with Gasteiger partial charge in [-0.2, -0.15) is 0 Å². The van der Waals surface area contributed by atoms with Crippen LogP contribution in [0.3, 0.4) is 0 Å². The lowest BCUT2D eigenvalue weighted by molar-refractivity contribution is -0.178. The van der Waals surface area contributed by atoms with Crippen LogP contribution in [0.5, 0.6) is 0 Å². The third-order valence-electron chi connectivity index (χ3n) is 5.58. The van der Waals surface area contributed by atoms with Crippen LogP contribution in [0.1, 0.15) is 32.0 Å². The Hall–Kier alpha value is -3.89. The van der Waals surface area contributed by atoms with Gasteiger partial charge < -0.3 is 29.5 Å². The summed E-state index contributed by atoms with van der Waals surface area (Å²) in [6.45, 7) is 5.11. The predicted molar refractivity (Wildman–Crippen MR) is 148 cm³/mol. The van der Waals surface area contributed by atoms with Crippen LogP contribution in [0.2, 0.25) is 0 Å². The second kappa shape index (κ2) is 12.7. The van der Waals surface area contributed by atoms with E-state index >= 15 is 0 Å². The van der Waals surface area contributed by atoms with E-state index in [-0.39, 0.29) is 28.9 Å². The SMILES string of the molecule is CON=C(C(=O)N[C@@H]1C(=O)N2C(OC(=O)OCc3ccccc3)C(O)CS[C@@H]12)c1csc(NC(=O)OC(C)(C)C)n1. The summed E-state index contributed by atoms with van der Waals surface area (Å²) in [7, 11) is 1.24. The number of β-lactam (4-membered cyclic amide) rings is 1. The van der Waals surface area contributed by atoms with E-state index in [0.717, 1.165) is 16.9 Å². The number of amides is 3. The molecule has 41 heavy (non-hydrogen) atoms. The number of anilines is 1. The van der Waals surface area contributed by atoms with Gasteiger partial charge in [0.05, 0.1) is 0 Å². The fraction of sp³-hybridized carbons (Fsp3) is 0.440. The van der Waals surface area contributed by atoms with Crippen molar-refractivity contribution in [3.63, 3.8) is 0 Å². The largest absolute Gasteiger partial charge is 0.510 e. The number of carbonyl (C=O) groups excluding carboxylic acids is 4. The number of hydrogen-bond acceptors (Lipinski definition) is 13. The van der Waals surface area contributed by atoms with Gasteiger partial charge in [0.25, 0.3) is 11.8 Å². The quantitative estimate of drug-likeness (QED) is 0.174. The van der Waals surface area contributed by atoms with Gasteiger partial charge in [0.15, 0.2) is 10.8 Å². The van der Waals surface area contributed by atoms with Gasteiger partial charge in [0.2, 0.25) is 6.23 Å². The number of nitrogens with one attached hydrogen (secondary N) is 2. The molecule has 220 valence electrons. The zero-order valence-corrected chi connectivity index (χ0v) is 24.2. The van der Waals surface area contributed by atoms with E-state index in [2.05, 4.69) is 20.8 Å². The monoisotopic (exact) mass is 607 g/mol. The summed E-state index contributed by atoms with van der Waals surface area (Å²) in [5.74, 6) is -1.19. The molecule has 3 heterocycles. The molecule has 2 fully saturated rings. The fourth-order valence-electron chi connectivity index (χ4n) is 3.85. The molecule has 4 rings (SSSR count). The van der Waals surface area contributed by atoms with Crippen molar-refractivity contribution in [3.8, 4) is 0 Å². The van der Waals surface area contributed by atoms with Crippen molar-refractivity contribution in [1.29, 1.82) is 0 Å².